The van der Waals surface area contributed by atoms with Gasteiger partial charge >= 0.3 is 12.1 Å². The Morgan fingerprint density at radius 1 is 1.50 bits per heavy atom. The first-order chi connectivity index (χ1) is 9.20. The van der Waals surface area contributed by atoms with Crippen LogP contribution in [0.25, 0.3) is 0 Å². The lowest BCUT2D eigenvalue weighted by atomic mass is 9.96. The lowest BCUT2D eigenvalue weighted by Gasteiger charge is -2.47. The number of anilines is 1. The molecule has 0 bridgehead atoms. The summed E-state index contributed by atoms with van der Waals surface area (Å²) in [5.41, 5.74) is -1.41. The van der Waals surface area contributed by atoms with Gasteiger partial charge in [-0.3, -0.25) is 0 Å². The van der Waals surface area contributed by atoms with Crippen molar-refractivity contribution < 1.29 is 27.8 Å². The Morgan fingerprint density at radius 2 is 2.15 bits per heavy atom. The predicted octanol–water partition coefficient (Wildman–Crippen LogP) is 1.78. The number of pyridine rings is 1. The Kier molecular flexibility index (Phi) is 3.59. The number of hydrogen-bond acceptors (Lipinski definition) is 4. The van der Waals surface area contributed by atoms with Crippen molar-refractivity contribution in [1.29, 1.82) is 0 Å². The molecule has 20 heavy (non-hydrogen) atoms. The minimum atomic E-state index is -4.40. The molecule has 1 N–H and O–H groups in total. The maximum Gasteiger partial charge on any atom is 0.417 e. The number of nitrogens with zero attached hydrogens (tertiary/aromatic N) is 2. The highest BCUT2D eigenvalue weighted by atomic mass is 19.4. The lowest BCUT2D eigenvalue weighted by molar-refractivity contribution is -0.150. The van der Waals surface area contributed by atoms with Crippen molar-refractivity contribution >= 4 is 11.8 Å². The van der Waals surface area contributed by atoms with Crippen LogP contribution >= 0.6 is 0 Å². The Morgan fingerprint density at radius 3 is 2.60 bits per heavy atom. The molecule has 0 saturated carbocycles. The third kappa shape index (κ3) is 3.19. The van der Waals surface area contributed by atoms with Crippen LogP contribution in [0.4, 0.5) is 19.0 Å². The molecule has 1 fully saturated rings. The summed E-state index contributed by atoms with van der Waals surface area (Å²) in [5, 5.41) is 8.53. The third-order valence-electron chi connectivity index (χ3n) is 2.99. The van der Waals surface area contributed by atoms with Crippen molar-refractivity contribution in [2.75, 3.05) is 24.6 Å². The average Bonchev–Trinajstić information content (AvgIpc) is 2.32. The van der Waals surface area contributed by atoms with E-state index in [0.717, 1.165) is 12.3 Å². The second-order valence-corrected chi connectivity index (χ2v) is 4.89. The molecule has 0 unspecified atom stereocenters. The van der Waals surface area contributed by atoms with Crippen LogP contribution in [-0.2, 0) is 15.7 Å². The van der Waals surface area contributed by atoms with Crippen LogP contribution < -0.4 is 4.90 Å². The normalized spacial score (nSPS) is 17.7. The summed E-state index contributed by atoms with van der Waals surface area (Å²) < 4.78 is 42.4. The van der Waals surface area contributed by atoms with Crippen LogP contribution in [0.5, 0.6) is 0 Å². The van der Waals surface area contributed by atoms with Gasteiger partial charge in [0.15, 0.2) is 0 Å². The van der Waals surface area contributed by atoms with E-state index in [1.165, 1.54) is 6.07 Å². The van der Waals surface area contributed by atoms with Gasteiger partial charge < -0.3 is 14.7 Å². The number of carbonyl (C=O) groups is 1. The number of halogens is 3. The summed E-state index contributed by atoms with van der Waals surface area (Å²) in [6.07, 6.45) is -3.62. The number of alkyl halides is 3. The van der Waals surface area contributed by atoms with E-state index < -0.39 is 29.9 Å². The fraction of sp³-hybridized carbons (Fsp3) is 0.500. The molecule has 2 rings (SSSR count). The highest BCUT2D eigenvalue weighted by Crippen LogP contribution is 2.32. The van der Waals surface area contributed by atoms with Crippen LogP contribution in [0.2, 0.25) is 0 Å². The monoisotopic (exact) mass is 290 g/mol. The van der Waals surface area contributed by atoms with E-state index in [2.05, 4.69) is 4.98 Å². The molecule has 0 amide bonds. The number of carboxylic acid groups (broad SMARTS) is 1. The molecular formula is C12H13F3N2O3. The second kappa shape index (κ2) is 4.93. The standard InChI is InChI=1S/C12H13F3N2O3/c1-11(20-5-10(18)19)6-17(7-11)9-3-2-8(4-16-9)12(13,14)15/h2-4H,5-7H2,1H3,(H,18,19). The quantitative estimate of drug-likeness (QED) is 0.916. The molecular weight excluding hydrogens is 277 g/mol. The number of ether oxygens (including phenoxy) is 1. The van der Waals surface area contributed by atoms with Gasteiger partial charge in [0.25, 0.3) is 0 Å². The topological polar surface area (TPSA) is 62.7 Å². The van der Waals surface area contributed by atoms with Gasteiger partial charge in [-0.25, -0.2) is 9.78 Å². The van der Waals surface area contributed by atoms with Gasteiger partial charge in [-0.2, -0.15) is 13.2 Å². The smallest absolute Gasteiger partial charge is 0.417 e. The Bertz CT molecular complexity index is 496. The molecule has 1 aromatic heterocycles. The van der Waals surface area contributed by atoms with E-state index in [0.29, 0.717) is 18.9 Å². The molecule has 110 valence electrons. The van der Waals surface area contributed by atoms with Crippen molar-refractivity contribution in [1.82, 2.24) is 4.98 Å². The molecule has 1 aliphatic rings. The van der Waals surface area contributed by atoms with Crippen LogP contribution in [0.3, 0.4) is 0 Å². The van der Waals surface area contributed by atoms with Gasteiger partial charge in [0, 0.05) is 19.3 Å². The predicted molar refractivity (Wildman–Crippen MR) is 63.4 cm³/mol. The Hall–Kier alpha value is -1.83. The lowest BCUT2D eigenvalue weighted by Crippen LogP contribution is -2.62. The van der Waals surface area contributed by atoms with Gasteiger partial charge in [0.1, 0.15) is 18.0 Å². The summed E-state index contributed by atoms with van der Waals surface area (Å²) in [4.78, 5) is 15.9. The van der Waals surface area contributed by atoms with Crippen LogP contribution in [0.15, 0.2) is 18.3 Å². The molecule has 2 heterocycles. The minimum absolute atomic E-state index is 0.388. The first kappa shape index (κ1) is 14.6. The molecule has 0 aromatic carbocycles. The molecule has 0 spiro atoms. The van der Waals surface area contributed by atoms with E-state index >= 15 is 0 Å². The molecule has 0 aliphatic carbocycles. The molecule has 5 nitrogen and oxygen atoms in total. The molecule has 0 radical (unpaired) electrons. The number of hydrogen-bond donors (Lipinski definition) is 1. The van der Waals surface area contributed by atoms with E-state index in [1.807, 2.05) is 0 Å². The number of aromatic nitrogens is 1. The van der Waals surface area contributed by atoms with Gasteiger partial charge in [-0.15, -0.1) is 0 Å². The van der Waals surface area contributed by atoms with Crippen LogP contribution in [0, 0.1) is 0 Å². The van der Waals surface area contributed by atoms with Crippen molar-refractivity contribution in [3.05, 3.63) is 23.9 Å². The van der Waals surface area contributed by atoms with Crippen LogP contribution in [-0.4, -0.2) is 41.4 Å². The maximum absolute atomic E-state index is 12.4. The fourth-order valence-corrected chi connectivity index (χ4v) is 1.99. The second-order valence-electron chi connectivity index (χ2n) is 4.89. The summed E-state index contributed by atoms with van der Waals surface area (Å²) in [7, 11) is 0. The van der Waals surface area contributed by atoms with Gasteiger partial charge in [-0.05, 0) is 19.1 Å². The summed E-state index contributed by atoms with van der Waals surface area (Å²) in [6, 6.07) is 2.26. The van der Waals surface area contributed by atoms with Gasteiger partial charge in [0.2, 0.25) is 0 Å². The SMILES string of the molecule is CC1(OCC(=O)O)CN(c2ccc(C(F)(F)F)cn2)C1. The number of aliphatic carboxylic acids is 1. The van der Waals surface area contributed by atoms with Crippen molar-refractivity contribution in [2.24, 2.45) is 0 Å². The van der Waals surface area contributed by atoms with Crippen molar-refractivity contribution in [3.8, 4) is 0 Å². The minimum Gasteiger partial charge on any atom is -0.480 e. The van der Waals surface area contributed by atoms with E-state index in [1.54, 1.807) is 11.8 Å². The fourth-order valence-electron chi connectivity index (χ4n) is 1.99. The van der Waals surface area contributed by atoms with Gasteiger partial charge in [-0.1, -0.05) is 0 Å². The highest BCUT2D eigenvalue weighted by molar-refractivity contribution is 5.68. The van der Waals surface area contributed by atoms with Crippen molar-refractivity contribution in [2.45, 2.75) is 18.7 Å². The summed E-state index contributed by atoms with van der Waals surface area (Å²) >= 11 is 0. The third-order valence-corrected chi connectivity index (χ3v) is 2.99. The summed E-state index contributed by atoms with van der Waals surface area (Å²) in [6.45, 7) is 2.12. The highest BCUT2D eigenvalue weighted by Gasteiger charge is 2.41. The zero-order valence-electron chi connectivity index (χ0n) is 10.6. The van der Waals surface area contributed by atoms with Gasteiger partial charge in [0.05, 0.1) is 5.56 Å². The number of rotatable bonds is 4. The Labute approximate surface area is 113 Å². The van der Waals surface area contributed by atoms with E-state index in [-0.39, 0.29) is 0 Å². The first-order valence-electron chi connectivity index (χ1n) is 5.84. The van der Waals surface area contributed by atoms with Crippen molar-refractivity contribution in [3.63, 3.8) is 0 Å². The molecule has 8 heteroatoms. The maximum atomic E-state index is 12.4. The average molecular weight is 290 g/mol. The van der Waals surface area contributed by atoms with E-state index in [4.69, 9.17) is 9.84 Å². The zero-order valence-corrected chi connectivity index (χ0v) is 10.6. The van der Waals surface area contributed by atoms with E-state index in [9.17, 15) is 18.0 Å². The summed E-state index contributed by atoms with van der Waals surface area (Å²) in [5.74, 6) is -0.647. The molecule has 0 atom stereocenters. The Balaban J connectivity index is 1.94. The molecule has 1 aliphatic heterocycles. The zero-order chi connectivity index (χ0) is 15.0. The van der Waals surface area contributed by atoms with Crippen LogP contribution in [0.1, 0.15) is 12.5 Å². The largest absolute Gasteiger partial charge is 0.480 e. The molecule has 1 saturated heterocycles. The first-order valence-corrected chi connectivity index (χ1v) is 5.84. The number of carboxylic acids is 1. The molecule has 1 aromatic rings.